The maximum atomic E-state index is 10.8. The average Bonchev–Trinajstić information content (AvgIpc) is 2.83. The molecule has 2 aromatic rings. The smallest absolute Gasteiger partial charge is 0.168 e. The zero-order valence-corrected chi connectivity index (χ0v) is 10.3. The number of rotatable bonds is 3. The van der Waals surface area contributed by atoms with Crippen LogP contribution in [0.15, 0.2) is 12.5 Å². The molecule has 0 fully saturated rings. The Bertz CT molecular complexity index is 515. The molecule has 0 spiro atoms. The van der Waals surface area contributed by atoms with Crippen LogP contribution in [0.5, 0.6) is 0 Å². The van der Waals surface area contributed by atoms with Crippen LogP contribution in [0, 0.1) is 13.8 Å². The standard InChI is InChI=1S/C11H13N3OS/c1-7-11(16-9(3)13-7)8(2)14-6-12-4-10(14)5-15/h4-6,8H,1-3H3. The Morgan fingerprint density at radius 1 is 1.50 bits per heavy atom. The summed E-state index contributed by atoms with van der Waals surface area (Å²) in [5.74, 6) is 0. The van der Waals surface area contributed by atoms with Crippen molar-refractivity contribution in [3.63, 3.8) is 0 Å². The van der Waals surface area contributed by atoms with Crippen molar-refractivity contribution in [1.29, 1.82) is 0 Å². The van der Waals surface area contributed by atoms with Crippen molar-refractivity contribution < 1.29 is 4.79 Å². The molecule has 5 heteroatoms. The number of aryl methyl sites for hydroxylation is 2. The predicted octanol–water partition coefficient (Wildman–Crippen LogP) is 2.38. The van der Waals surface area contributed by atoms with Crippen LogP contribution >= 0.6 is 11.3 Å². The van der Waals surface area contributed by atoms with Gasteiger partial charge >= 0.3 is 0 Å². The fourth-order valence-electron chi connectivity index (χ4n) is 1.79. The van der Waals surface area contributed by atoms with Crippen molar-refractivity contribution in [3.8, 4) is 0 Å². The van der Waals surface area contributed by atoms with Crippen LogP contribution in [0.25, 0.3) is 0 Å². The molecule has 0 amide bonds. The molecule has 0 aliphatic heterocycles. The Kier molecular flexibility index (Phi) is 2.87. The molecule has 0 aliphatic carbocycles. The number of aromatic nitrogens is 3. The van der Waals surface area contributed by atoms with Gasteiger partial charge in [-0.05, 0) is 20.8 Å². The Morgan fingerprint density at radius 2 is 2.25 bits per heavy atom. The first-order valence-corrected chi connectivity index (χ1v) is 5.86. The van der Waals surface area contributed by atoms with Crippen LogP contribution in [0.1, 0.15) is 39.0 Å². The van der Waals surface area contributed by atoms with E-state index >= 15 is 0 Å². The lowest BCUT2D eigenvalue weighted by atomic mass is 10.2. The van der Waals surface area contributed by atoms with Crippen molar-refractivity contribution in [3.05, 3.63) is 33.8 Å². The first kappa shape index (κ1) is 11.0. The quantitative estimate of drug-likeness (QED) is 0.767. The molecule has 0 saturated heterocycles. The van der Waals surface area contributed by atoms with E-state index in [4.69, 9.17) is 0 Å². The zero-order valence-electron chi connectivity index (χ0n) is 9.47. The molecule has 0 radical (unpaired) electrons. The number of thiazole rings is 1. The van der Waals surface area contributed by atoms with Crippen LogP contribution in [0.3, 0.4) is 0 Å². The minimum atomic E-state index is 0.105. The molecule has 84 valence electrons. The lowest BCUT2D eigenvalue weighted by molar-refractivity contribution is 0.111. The fourth-order valence-corrected chi connectivity index (χ4v) is 2.77. The monoisotopic (exact) mass is 235 g/mol. The van der Waals surface area contributed by atoms with Gasteiger partial charge in [-0.2, -0.15) is 0 Å². The molecular weight excluding hydrogens is 222 g/mol. The van der Waals surface area contributed by atoms with Crippen molar-refractivity contribution in [2.24, 2.45) is 0 Å². The van der Waals surface area contributed by atoms with Gasteiger partial charge in [0.25, 0.3) is 0 Å². The topological polar surface area (TPSA) is 47.8 Å². The van der Waals surface area contributed by atoms with Gasteiger partial charge in [0.1, 0.15) is 5.69 Å². The third kappa shape index (κ3) is 1.78. The molecule has 16 heavy (non-hydrogen) atoms. The van der Waals surface area contributed by atoms with E-state index in [1.807, 2.05) is 18.4 Å². The van der Waals surface area contributed by atoms with Gasteiger partial charge in [-0.25, -0.2) is 9.97 Å². The van der Waals surface area contributed by atoms with Crippen molar-refractivity contribution >= 4 is 17.6 Å². The summed E-state index contributed by atoms with van der Waals surface area (Å²) in [6.07, 6.45) is 4.09. The normalized spacial score (nSPS) is 12.7. The molecule has 1 atom stereocenters. The number of nitrogens with zero attached hydrogens (tertiary/aromatic N) is 3. The van der Waals surface area contributed by atoms with Crippen LogP contribution in [0.2, 0.25) is 0 Å². The van der Waals surface area contributed by atoms with Gasteiger partial charge in [-0.3, -0.25) is 4.79 Å². The highest BCUT2D eigenvalue weighted by Crippen LogP contribution is 2.27. The highest BCUT2D eigenvalue weighted by Gasteiger charge is 2.16. The summed E-state index contributed by atoms with van der Waals surface area (Å²) in [4.78, 5) is 20.4. The van der Waals surface area contributed by atoms with E-state index in [0.29, 0.717) is 5.69 Å². The van der Waals surface area contributed by atoms with Gasteiger partial charge in [-0.1, -0.05) is 0 Å². The lowest BCUT2D eigenvalue weighted by Crippen LogP contribution is -2.08. The lowest BCUT2D eigenvalue weighted by Gasteiger charge is -2.13. The maximum Gasteiger partial charge on any atom is 0.168 e. The van der Waals surface area contributed by atoms with Crippen LogP contribution in [-0.4, -0.2) is 20.8 Å². The van der Waals surface area contributed by atoms with Crippen molar-refractivity contribution in [2.45, 2.75) is 26.8 Å². The second-order valence-electron chi connectivity index (χ2n) is 3.70. The third-order valence-corrected chi connectivity index (χ3v) is 3.80. The zero-order chi connectivity index (χ0) is 11.7. The van der Waals surface area contributed by atoms with E-state index < -0.39 is 0 Å². The largest absolute Gasteiger partial charge is 0.320 e. The Hall–Kier alpha value is -1.49. The Balaban J connectivity index is 2.42. The average molecular weight is 235 g/mol. The van der Waals surface area contributed by atoms with Gasteiger partial charge in [0, 0.05) is 0 Å². The van der Waals surface area contributed by atoms with Gasteiger partial charge in [0.2, 0.25) is 0 Å². The number of carbonyl (C=O) groups is 1. The number of hydrogen-bond donors (Lipinski definition) is 0. The van der Waals surface area contributed by atoms with E-state index in [-0.39, 0.29) is 6.04 Å². The SMILES string of the molecule is Cc1nc(C)c(C(C)n2cncc2C=O)s1. The molecule has 2 aromatic heterocycles. The molecule has 2 rings (SSSR count). The summed E-state index contributed by atoms with van der Waals surface area (Å²) < 4.78 is 1.87. The molecule has 0 saturated carbocycles. The molecule has 0 aromatic carbocycles. The van der Waals surface area contributed by atoms with Crippen LogP contribution in [-0.2, 0) is 0 Å². The van der Waals surface area contributed by atoms with Gasteiger partial charge in [-0.15, -0.1) is 11.3 Å². The van der Waals surface area contributed by atoms with E-state index in [1.165, 1.54) is 4.88 Å². The molecule has 0 N–H and O–H groups in total. The molecule has 0 bridgehead atoms. The molecular formula is C11H13N3OS. The predicted molar refractivity (Wildman–Crippen MR) is 63.0 cm³/mol. The second kappa shape index (κ2) is 4.17. The highest BCUT2D eigenvalue weighted by molar-refractivity contribution is 7.11. The number of aldehydes is 1. The summed E-state index contributed by atoms with van der Waals surface area (Å²) in [7, 11) is 0. The number of hydrogen-bond acceptors (Lipinski definition) is 4. The summed E-state index contributed by atoms with van der Waals surface area (Å²) in [6.45, 7) is 6.03. The summed E-state index contributed by atoms with van der Waals surface area (Å²) >= 11 is 1.66. The molecule has 2 heterocycles. The first-order valence-electron chi connectivity index (χ1n) is 5.04. The van der Waals surface area contributed by atoms with E-state index in [9.17, 15) is 4.79 Å². The second-order valence-corrected chi connectivity index (χ2v) is 4.94. The third-order valence-electron chi connectivity index (χ3n) is 2.55. The fraction of sp³-hybridized carbons (Fsp3) is 0.364. The summed E-state index contributed by atoms with van der Waals surface area (Å²) in [5, 5.41) is 1.05. The summed E-state index contributed by atoms with van der Waals surface area (Å²) in [6, 6.07) is 0.105. The highest BCUT2D eigenvalue weighted by atomic mass is 32.1. The summed E-state index contributed by atoms with van der Waals surface area (Å²) in [5.41, 5.74) is 1.62. The van der Waals surface area contributed by atoms with E-state index in [1.54, 1.807) is 23.9 Å². The number of carbonyl (C=O) groups excluding carboxylic acids is 1. The van der Waals surface area contributed by atoms with E-state index in [2.05, 4.69) is 16.9 Å². The number of imidazole rings is 1. The Morgan fingerprint density at radius 3 is 2.81 bits per heavy atom. The molecule has 0 aliphatic rings. The minimum absolute atomic E-state index is 0.105. The maximum absolute atomic E-state index is 10.8. The van der Waals surface area contributed by atoms with Crippen LogP contribution in [0.4, 0.5) is 0 Å². The van der Waals surface area contributed by atoms with E-state index in [0.717, 1.165) is 17.0 Å². The van der Waals surface area contributed by atoms with Crippen molar-refractivity contribution in [1.82, 2.24) is 14.5 Å². The van der Waals surface area contributed by atoms with Crippen LogP contribution < -0.4 is 0 Å². The van der Waals surface area contributed by atoms with Gasteiger partial charge in [0.15, 0.2) is 6.29 Å². The van der Waals surface area contributed by atoms with Crippen molar-refractivity contribution in [2.75, 3.05) is 0 Å². The van der Waals surface area contributed by atoms with Gasteiger partial charge in [0.05, 0.1) is 34.1 Å². The minimum Gasteiger partial charge on any atom is -0.320 e. The molecule has 4 nitrogen and oxygen atoms in total. The molecule has 1 unspecified atom stereocenters. The first-order chi connectivity index (χ1) is 7.63. The Labute approximate surface area is 98.0 Å². The van der Waals surface area contributed by atoms with Gasteiger partial charge < -0.3 is 4.57 Å².